The number of nitrogens with two attached hydrogens (primary N) is 1. The second kappa shape index (κ2) is 9.78. The van der Waals surface area contributed by atoms with Crippen LogP contribution in [0.5, 0.6) is 0 Å². The Morgan fingerprint density at radius 1 is 1.10 bits per heavy atom. The molecule has 2 fully saturated rings. The molecule has 0 unspecified atom stereocenters. The Bertz CT molecular complexity index is 877. The van der Waals surface area contributed by atoms with Gasteiger partial charge in [-0.05, 0) is 19.3 Å². The summed E-state index contributed by atoms with van der Waals surface area (Å²) in [6.07, 6.45) is 9.02. The second-order valence-electron chi connectivity index (χ2n) is 8.66. The number of aromatic amines is 1. The van der Waals surface area contributed by atoms with Crippen molar-refractivity contribution in [2.45, 2.75) is 64.5 Å². The lowest BCUT2D eigenvalue weighted by Crippen LogP contribution is -2.51. The van der Waals surface area contributed by atoms with Gasteiger partial charge >= 0.3 is 5.69 Å². The van der Waals surface area contributed by atoms with E-state index in [-0.39, 0.29) is 5.69 Å². The van der Waals surface area contributed by atoms with E-state index in [4.69, 9.17) is 5.73 Å². The first-order valence-corrected chi connectivity index (χ1v) is 11.6. The molecule has 4 rings (SSSR count). The van der Waals surface area contributed by atoms with Crippen LogP contribution in [0.4, 0.5) is 11.8 Å². The van der Waals surface area contributed by atoms with Gasteiger partial charge in [0.25, 0.3) is 0 Å². The molecule has 0 radical (unpaired) electrons. The zero-order chi connectivity index (χ0) is 20.9. The Labute approximate surface area is 178 Å². The van der Waals surface area contributed by atoms with Crippen molar-refractivity contribution in [1.82, 2.24) is 29.3 Å². The largest absolute Gasteiger partial charge is 0.382 e. The highest BCUT2D eigenvalue weighted by molar-refractivity contribution is 5.82. The molecule has 0 atom stereocenters. The number of unbranched alkanes of at least 4 members (excludes halogenated alkanes) is 1. The predicted molar refractivity (Wildman–Crippen MR) is 121 cm³/mol. The molecule has 9 nitrogen and oxygen atoms in total. The Morgan fingerprint density at radius 3 is 2.60 bits per heavy atom. The standard InChI is InChI=1S/C21H36N8O/c1-2-3-9-23-20-25-18(22)17-19(26-20)29(21(30)24-17)15-12-27-10-13-28(14-11-27)16-7-5-4-6-8-16/h16H,2-15H2,1H3,(H,24,30)(H3,22,23,25,26). The predicted octanol–water partition coefficient (Wildman–Crippen LogP) is 1.86. The summed E-state index contributed by atoms with van der Waals surface area (Å²) in [5.41, 5.74) is 7.03. The first kappa shape index (κ1) is 21.1. The van der Waals surface area contributed by atoms with E-state index in [1.54, 1.807) is 4.57 Å². The lowest BCUT2D eigenvalue weighted by atomic mass is 9.94. The van der Waals surface area contributed by atoms with Gasteiger partial charge < -0.3 is 16.0 Å². The lowest BCUT2D eigenvalue weighted by Gasteiger charge is -2.40. The van der Waals surface area contributed by atoms with Gasteiger partial charge in [0.1, 0.15) is 5.52 Å². The lowest BCUT2D eigenvalue weighted by molar-refractivity contribution is 0.0773. The topological polar surface area (TPSA) is 108 Å². The van der Waals surface area contributed by atoms with E-state index >= 15 is 0 Å². The highest BCUT2D eigenvalue weighted by Gasteiger charge is 2.25. The molecule has 0 aromatic carbocycles. The normalized spacial score (nSPS) is 19.5. The zero-order valence-electron chi connectivity index (χ0n) is 18.2. The van der Waals surface area contributed by atoms with Crippen LogP contribution >= 0.6 is 0 Å². The van der Waals surface area contributed by atoms with Gasteiger partial charge in [-0.15, -0.1) is 0 Å². The number of H-pyrrole nitrogens is 1. The van der Waals surface area contributed by atoms with Crippen LogP contribution < -0.4 is 16.7 Å². The number of piperazine rings is 1. The molecule has 1 saturated carbocycles. The number of nitrogens with one attached hydrogen (secondary N) is 2. The molecule has 1 aliphatic carbocycles. The Kier molecular flexibility index (Phi) is 6.89. The first-order chi connectivity index (χ1) is 14.7. The van der Waals surface area contributed by atoms with Crippen LogP contribution in [0.3, 0.4) is 0 Å². The summed E-state index contributed by atoms with van der Waals surface area (Å²) in [4.78, 5) is 29.3. The molecule has 1 aliphatic heterocycles. The summed E-state index contributed by atoms with van der Waals surface area (Å²) < 4.78 is 1.70. The van der Waals surface area contributed by atoms with Crippen LogP contribution in [0, 0.1) is 0 Å². The van der Waals surface area contributed by atoms with Crippen molar-refractivity contribution in [3.05, 3.63) is 10.5 Å². The van der Waals surface area contributed by atoms with Crippen molar-refractivity contribution in [2.24, 2.45) is 0 Å². The van der Waals surface area contributed by atoms with Gasteiger partial charge in [-0.2, -0.15) is 9.97 Å². The van der Waals surface area contributed by atoms with Gasteiger partial charge in [0.2, 0.25) is 5.95 Å². The molecule has 2 aliphatic rings. The highest BCUT2D eigenvalue weighted by atomic mass is 16.1. The summed E-state index contributed by atoms with van der Waals surface area (Å²) in [6.45, 7) is 8.77. The highest BCUT2D eigenvalue weighted by Crippen LogP contribution is 2.23. The van der Waals surface area contributed by atoms with E-state index in [0.29, 0.717) is 29.5 Å². The molecule has 0 bridgehead atoms. The summed E-state index contributed by atoms with van der Waals surface area (Å²) >= 11 is 0. The molecule has 0 amide bonds. The number of nitrogen functional groups attached to an aromatic ring is 1. The summed E-state index contributed by atoms with van der Waals surface area (Å²) in [7, 11) is 0. The van der Waals surface area contributed by atoms with E-state index in [0.717, 1.165) is 58.2 Å². The number of nitrogens with zero attached hydrogens (tertiary/aromatic N) is 5. The molecule has 0 spiro atoms. The van der Waals surface area contributed by atoms with Crippen LogP contribution in [-0.2, 0) is 6.54 Å². The fraction of sp³-hybridized carbons (Fsp3) is 0.762. The third kappa shape index (κ3) is 4.78. The van der Waals surface area contributed by atoms with Crippen molar-refractivity contribution in [1.29, 1.82) is 0 Å². The molecular formula is C21H36N8O. The van der Waals surface area contributed by atoms with Gasteiger partial charge in [-0.1, -0.05) is 32.6 Å². The molecule has 166 valence electrons. The zero-order valence-corrected chi connectivity index (χ0v) is 18.2. The minimum absolute atomic E-state index is 0.169. The van der Waals surface area contributed by atoms with Crippen molar-refractivity contribution in [3.63, 3.8) is 0 Å². The van der Waals surface area contributed by atoms with Gasteiger partial charge in [0, 0.05) is 51.9 Å². The number of fused-ring (bicyclic) bond motifs is 1. The van der Waals surface area contributed by atoms with E-state index in [2.05, 4.69) is 37.0 Å². The van der Waals surface area contributed by atoms with Gasteiger partial charge in [-0.3, -0.25) is 14.4 Å². The van der Waals surface area contributed by atoms with Crippen molar-refractivity contribution < 1.29 is 0 Å². The molecule has 2 aromatic rings. The quantitative estimate of drug-likeness (QED) is 0.564. The fourth-order valence-electron chi connectivity index (χ4n) is 4.75. The van der Waals surface area contributed by atoms with Crippen LogP contribution in [0.25, 0.3) is 11.2 Å². The average Bonchev–Trinajstić information content (AvgIpc) is 3.09. The average molecular weight is 417 g/mol. The van der Waals surface area contributed by atoms with E-state index in [1.807, 2.05) is 0 Å². The SMILES string of the molecule is CCCCNc1nc(N)c2[nH]c(=O)n(CCN3CCN(C4CCCCC4)CC3)c2n1. The van der Waals surface area contributed by atoms with Gasteiger partial charge in [0.05, 0.1) is 0 Å². The summed E-state index contributed by atoms with van der Waals surface area (Å²) in [6, 6.07) is 0.787. The number of hydrogen-bond acceptors (Lipinski definition) is 7. The molecule has 4 N–H and O–H groups in total. The monoisotopic (exact) mass is 416 g/mol. The van der Waals surface area contributed by atoms with Crippen LogP contribution in [-0.4, -0.2) is 74.6 Å². The molecule has 3 heterocycles. The Morgan fingerprint density at radius 2 is 1.87 bits per heavy atom. The molecule has 9 heteroatoms. The number of rotatable bonds is 8. The fourth-order valence-corrected chi connectivity index (χ4v) is 4.75. The minimum atomic E-state index is -0.169. The van der Waals surface area contributed by atoms with Gasteiger partial charge in [0.15, 0.2) is 11.5 Å². The summed E-state index contributed by atoms with van der Waals surface area (Å²) in [5.74, 6) is 0.804. The van der Waals surface area contributed by atoms with Crippen molar-refractivity contribution >= 4 is 22.9 Å². The number of anilines is 2. The van der Waals surface area contributed by atoms with E-state index in [9.17, 15) is 4.79 Å². The van der Waals surface area contributed by atoms with Crippen LogP contribution in [0.2, 0.25) is 0 Å². The molecule has 2 aromatic heterocycles. The third-order valence-electron chi connectivity index (χ3n) is 6.60. The minimum Gasteiger partial charge on any atom is -0.382 e. The number of aromatic nitrogens is 4. The smallest absolute Gasteiger partial charge is 0.327 e. The summed E-state index contributed by atoms with van der Waals surface area (Å²) in [5, 5.41) is 3.21. The van der Waals surface area contributed by atoms with Crippen LogP contribution in [0.1, 0.15) is 51.9 Å². The Hall–Kier alpha value is -2.13. The molecule has 30 heavy (non-hydrogen) atoms. The first-order valence-electron chi connectivity index (χ1n) is 11.6. The van der Waals surface area contributed by atoms with Crippen LogP contribution in [0.15, 0.2) is 4.79 Å². The molecular weight excluding hydrogens is 380 g/mol. The third-order valence-corrected chi connectivity index (χ3v) is 6.60. The van der Waals surface area contributed by atoms with E-state index in [1.165, 1.54) is 32.1 Å². The Balaban J connectivity index is 1.37. The van der Waals surface area contributed by atoms with Crippen molar-refractivity contribution in [3.8, 4) is 0 Å². The number of imidazole rings is 1. The number of hydrogen-bond donors (Lipinski definition) is 3. The molecule has 1 saturated heterocycles. The van der Waals surface area contributed by atoms with Crippen molar-refractivity contribution in [2.75, 3.05) is 50.3 Å². The maximum absolute atomic E-state index is 12.5. The van der Waals surface area contributed by atoms with Gasteiger partial charge in [-0.25, -0.2) is 4.79 Å². The second-order valence-corrected chi connectivity index (χ2v) is 8.66. The maximum Gasteiger partial charge on any atom is 0.327 e. The maximum atomic E-state index is 12.5. The van der Waals surface area contributed by atoms with E-state index < -0.39 is 0 Å².